The number of carbonyl (C=O) groups is 1. The minimum atomic E-state index is 0.109. The van der Waals surface area contributed by atoms with Crippen LogP contribution in [0.5, 0.6) is 0 Å². The van der Waals surface area contributed by atoms with Crippen molar-refractivity contribution in [2.45, 2.75) is 32.2 Å². The molecule has 2 aromatic carbocycles. The van der Waals surface area contributed by atoms with E-state index in [4.69, 9.17) is 0 Å². The summed E-state index contributed by atoms with van der Waals surface area (Å²) in [5, 5.41) is 3.01. The zero-order valence-electron chi connectivity index (χ0n) is 13.5. The van der Waals surface area contributed by atoms with Crippen molar-refractivity contribution in [2.75, 3.05) is 18.0 Å². The molecular formula is C20H24N2O. The molecule has 1 amide bonds. The zero-order chi connectivity index (χ0) is 15.9. The molecule has 1 aliphatic rings. The second kappa shape index (κ2) is 7.82. The molecule has 0 bridgehead atoms. The molecule has 0 atom stereocenters. The largest absolute Gasteiger partial charge is 0.372 e. The molecule has 2 aromatic rings. The summed E-state index contributed by atoms with van der Waals surface area (Å²) in [6.45, 7) is 2.93. The van der Waals surface area contributed by atoms with Crippen LogP contribution in [0.3, 0.4) is 0 Å². The number of anilines is 1. The van der Waals surface area contributed by atoms with Crippen molar-refractivity contribution < 1.29 is 4.79 Å². The number of benzene rings is 2. The van der Waals surface area contributed by atoms with Gasteiger partial charge in [0.1, 0.15) is 0 Å². The van der Waals surface area contributed by atoms with E-state index in [1.54, 1.807) is 0 Å². The van der Waals surface area contributed by atoms with Crippen molar-refractivity contribution in [2.24, 2.45) is 0 Å². The third kappa shape index (κ3) is 4.59. The number of hydrogen-bond donors (Lipinski definition) is 1. The summed E-state index contributed by atoms with van der Waals surface area (Å²) in [7, 11) is 0. The number of aryl methyl sites for hydroxylation is 1. The van der Waals surface area contributed by atoms with Crippen LogP contribution in [0.4, 0.5) is 5.69 Å². The second-order valence-corrected chi connectivity index (χ2v) is 6.12. The number of carbonyl (C=O) groups excluding carboxylic acids is 1. The Kier molecular flexibility index (Phi) is 5.30. The molecule has 0 aromatic heterocycles. The van der Waals surface area contributed by atoms with Gasteiger partial charge in [-0.15, -0.1) is 0 Å². The molecule has 0 radical (unpaired) electrons. The van der Waals surface area contributed by atoms with Crippen LogP contribution in [0.2, 0.25) is 0 Å². The molecule has 0 unspecified atom stereocenters. The van der Waals surface area contributed by atoms with Crippen molar-refractivity contribution in [3.8, 4) is 0 Å². The van der Waals surface area contributed by atoms with Crippen molar-refractivity contribution in [3.63, 3.8) is 0 Å². The first kappa shape index (κ1) is 15.6. The van der Waals surface area contributed by atoms with Crippen molar-refractivity contribution in [3.05, 3.63) is 65.7 Å². The molecular weight excluding hydrogens is 284 g/mol. The maximum Gasteiger partial charge on any atom is 0.220 e. The summed E-state index contributed by atoms with van der Waals surface area (Å²) >= 11 is 0. The summed E-state index contributed by atoms with van der Waals surface area (Å²) in [6.07, 6.45) is 3.91. The van der Waals surface area contributed by atoms with Gasteiger partial charge in [0.15, 0.2) is 0 Å². The maximum atomic E-state index is 11.9. The van der Waals surface area contributed by atoms with Gasteiger partial charge in [0, 0.05) is 31.7 Å². The third-order valence-corrected chi connectivity index (χ3v) is 4.38. The van der Waals surface area contributed by atoms with E-state index in [1.807, 2.05) is 18.2 Å². The van der Waals surface area contributed by atoms with Gasteiger partial charge in [0.05, 0.1) is 0 Å². The lowest BCUT2D eigenvalue weighted by atomic mass is 10.1. The quantitative estimate of drug-likeness (QED) is 0.885. The maximum absolute atomic E-state index is 11.9. The Morgan fingerprint density at radius 3 is 2.30 bits per heavy atom. The molecule has 1 saturated heterocycles. The predicted molar refractivity (Wildman–Crippen MR) is 94.5 cm³/mol. The minimum absolute atomic E-state index is 0.109. The first-order valence-electron chi connectivity index (χ1n) is 8.46. The highest BCUT2D eigenvalue weighted by Gasteiger charge is 2.11. The summed E-state index contributed by atoms with van der Waals surface area (Å²) in [4.78, 5) is 14.4. The number of hydrogen-bond acceptors (Lipinski definition) is 2. The monoisotopic (exact) mass is 308 g/mol. The van der Waals surface area contributed by atoms with Gasteiger partial charge in [-0.2, -0.15) is 0 Å². The Morgan fingerprint density at radius 2 is 1.61 bits per heavy atom. The van der Waals surface area contributed by atoms with E-state index in [-0.39, 0.29) is 5.91 Å². The van der Waals surface area contributed by atoms with E-state index in [1.165, 1.54) is 24.1 Å². The molecule has 23 heavy (non-hydrogen) atoms. The summed E-state index contributed by atoms with van der Waals surface area (Å²) in [5.74, 6) is 0.109. The van der Waals surface area contributed by atoms with Crippen LogP contribution in [0.15, 0.2) is 54.6 Å². The molecule has 1 heterocycles. The first-order valence-corrected chi connectivity index (χ1v) is 8.46. The number of amides is 1. The minimum Gasteiger partial charge on any atom is -0.372 e. The predicted octanol–water partition coefficient (Wildman–Crippen LogP) is 3.54. The van der Waals surface area contributed by atoms with Crippen LogP contribution >= 0.6 is 0 Å². The first-order chi connectivity index (χ1) is 11.3. The van der Waals surface area contributed by atoms with Gasteiger partial charge in [0.25, 0.3) is 0 Å². The Morgan fingerprint density at radius 1 is 0.913 bits per heavy atom. The smallest absolute Gasteiger partial charge is 0.220 e. The van der Waals surface area contributed by atoms with Crippen LogP contribution < -0.4 is 10.2 Å². The highest BCUT2D eigenvalue weighted by atomic mass is 16.1. The van der Waals surface area contributed by atoms with Crippen molar-refractivity contribution in [1.82, 2.24) is 5.32 Å². The summed E-state index contributed by atoms with van der Waals surface area (Å²) in [5.41, 5.74) is 3.65. The molecule has 1 N–H and O–H groups in total. The Bertz CT molecular complexity index is 616. The molecule has 0 saturated carbocycles. The van der Waals surface area contributed by atoms with Crippen molar-refractivity contribution >= 4 is 11.6 Å². The molecule has 0 aliphatic carbocycles. The highest BCUT2D eigenvalue weighted by Crippen LogP contribution is 2.20. The third-order valence-electron chi connectivity index (χ3n) is 4.38. The van der Waals surface area contributed by atoms with Gasteiger partial charge < -0.3 is 10.2 Å². The SMILES string of the molecule is O=C(CCc1ccccc1)NCc1ccc(N2CCCC2)cc1. The molecule has 1 aliphatic heterocycles. The zero-order valence-corrected chi connectivity index (χ0v) is 13.5. The fourth-order valence-electron chi connectivity index (χ4n) is 2.99. The van der Waals surface area contributed by atoms with E-state index in [0.717, 1.165) is 25.1 Å². The van der Waals surface area contributed by atoms with E-state index in [9.17, 15) is 4.79 Å². The van der Waals surface area contributed by atoms with Gasteiger partial charge in [-0.05, 0) is 42.5 Å². The fourth-order valence-corrected chi connectivity index (χ4v) is 2.99. The van der Waals surface area contributed by atoms with E-state index >= 15 is 0 Å². The summed E-state index contributed by atoms with van der Waals surface area (Å²) < 4.78 is 0. The highest BCUT2D eigenvalue weighted by molar-refractivity contribution is 5.76. The normalized spacial score (nSPS) is 14.0. The van der Waals surface area contributed by atoms with Crippen LogP contribution in [-0.4, -0.2) is 19.0 Å². The van der Waals surface area contributed by atoms with Gasteiger partial charge in [-0.1, -0.05) is 42.5 Å². The summed E-state index contributed by atoms with van der Waals surface area (Å²) in [6, 6.07) is 18.7. The Hall–Kier alpha value is -2.29. The molecule has 3 heteroatoms. The number of nitrogens with one attached hydrogen (secondary N) is 1. The van der Waals surface area contributed by atoms with Crippen LogP contribution in [0.25, 0.3) is 0 Å². The molecule has 3 nitrogen and oxygen atoms in total. The number of nitrogens with zero attached hydrogens (tertiary/aromatic N) is 1. The Balaban J connectivity index is 1.43. The second-order valence-electron chi connectivity index (χ2n) is 6.12. The molecule has 1 fully saturated rings. The Labute approximate surface area is 138 Å². The van der Waals surface area contributed by atoms with Crippen LogP contribution in [0, 0.1) is 0 Å². The lowest BCUT2D eigenvalue weighted by Crippen LogP contribution is -2.23. The van der Waals surface area contributed by atoms with Gasteiger partial charge >= 0.3 is 0 Å². The molecule has 0 spiro atoms. The fraction of sp³-hybridized carbons (Fsp3) is 0.350. The van der Waals surface area contributed by atoms with E-state index in [2.05, 4.69) is 46.6 Å². The van der Waals surface area contributed by atoms with Gasteiger partial charge in [-0.3, -0.25) is 4.79 Å². The lowest BCUT2D eigenvalue weighted by molar-refractivity contribution is -0.121. The number of rotatable bonds is 6. The average Bonchev–Trinajstić information content (AvgIpc) is 3.14. The molecule has 3 rings (SSSR count). The van der Waals surface area contributed by atoms with Gasteiger partial charge in [-0.25, -0.2) is 0 Å². The van der Waals surface area contributed by atoms with E-state index < -0.39 is 0 Å². The standard InChI is InChI=1S/C20H24N2O/c23-20(13-10-17-6-2-1-3-7-17)21-16-18-8-11-19(12-9-18)22-14-4-5-15-22/h1-3,6-9,11-12H,4-5,10,13-16H2,(H,21,23). The van der Waals surface area contributed by atoms with Crippen molar-refractivity contribution in [1.29, 1.82) is 0 Å². The van der Waals surface area contributed by atoms with Crippen LogP contribution in [-0.2, 0) is 17.8 Å². The van der Waals surface area contributed by atoms with Crippen LogP contribution in [0.1, 0.15) is 30.4 Å². The van der Waals surface area contributed by atoms with Gasteiger partial charge in [0.2, 0.25) is 5.91 Å². The topological polar surface area (TPSA) is 32.3 Å². The van der Waals surface area contributed by atoms with E-state index in [0.29, 0.717) is 13.0 Å². The molecule has 120 valence electrons. The lowest BCUT2D eigenvalue weighted by Gasteiger charge is -2.17. The average molecular weight is 308 g/mol.